The highest BCUT2D eigenvalue weighted by molar-refractivity contribution is 5.24. The molecule has 1 aromatic carbocycles. The van der Waals surface area contributed by atoms with Gasteiger partial charge in [-0.25, -0.2) is 8.78 Å². The van der Waals surface area contributed by atoms with Crippen LogP contribution in [-0.2, 0) is 0 Å². The van der Waals surface area contributed by atoms with Crippen LogP contribution < -0.4 is 11.3 Å². The van der Waals surface area contributed by atoms with Gasteiger partial charge < -0.3 is 0 Å². The molecule has 4 heteroatoms. The minimum Gasteiger partial charge on any atom is -0.271 e. The number of hydrogen-bond donors (Lipinski definition) is 2. The van der Waals surface area contributed by atoms with Crippen molar-refractivity contribution < 1.29 is 8.78 Å². The highest BCUT2D eigenvalue weighted by Gasteiger charge is 2.42. The van der Waals surface area contributed by atoms with Gasteiger partial charge in [0.25, 0.3) is 0 Å². The molecule has 0 spiro atoms. The summed E-state index contributed by atoms with van der Waals surface area (Å²) >= 11 is 0. The molecular formula is C16H24F2N2. The minimum absolute atomic E-state index is 0.0488. The molecule has 1 atom stereocenters. The summed E-state index contributed by atoms with van der Waals surface area (Å²) in [7, 11) is 0. The van der Waals surface area contributed by atoms with E-state index < -0.39 is 11.6 Å². The molecule has 2 nitrogen and oxygen atoms in total. The molecule has 0 aliphatic heterocycles. The zero-order chi connectivity index (χ0) is 14.8. The Kier molecular flexibility index (Phi) is 4.76. The summed E-state index contributed by atoms with van der Waals surface area (Å²) in [6, 6.07) is 3.99. The van der Waals surface area contributed by atoms with Crippen molar-refractivity contribution in [3.05, 3.63) is 35.4 Å². The molecule has 1 fully saturated rings. The summed E-state index contributed by atoms with van der Waals surface area (Å²) < 4.78 is 26.6. The molecule has 112 valence electrons. The summed E-state index contributed by atoms with van der Waals surface area (Å²) in [5.41, 5.74) is 3.66. The number of hydrogen-bond acceptors (Lipinski definition) is 2. The molecule has 0 heterocycles. The van der Waals surface area contributed by atoms with Crippen LogP contribution in [0.5, 0.6) is 0 Å². The maximum absolute atomic E-state index is 13.5. The number of nitrogens with one attached hydrogen (secondary N) is 1. The molecule has 1 aliphatic rings. The molecular weight excluding hydrogens is 258 g/mol. The Hall–Kier alpha value is -1.00. The smallest absolute Gasteiger partial charge is 0.159 e. The van der Waals surface area contributed by atoms with Gasteiger partial charge in [-0.2, -0.15) is 0 Å². The lowest BCUT2D eigenvalue weighted by Gasteiger charge is -2.39. The highest BCUT2D eigenvalue weighted by Crippen LogP contribution is 2.51. The van der Waals surface area contributed by atoms with Gasteiger partial charge in [0.15, 0.2) is 11.6 Å². The fourth-order valence-corrected chi connectivity index (χ4v) is 3.82. The topological polar surface area (TPSA) is 38.0 Å². The molecule has 20 heavy (non-hydrogen) atoms. The maximum atomic E-state index is 13.5. The van der Waals surface area contributed by atoms with Crippen LogP contribution in [0.2, 0.25) is 0 Å². The Morgan fingerprint density at radius 2 is 1.85 bits per heavy atom. The summed E-state index contributed by atoms with van der Waals surface area (Å²) in [6.45, 7) is 4.39. The lowest BCUT2D eigenvalue weighted by Crippen LogP contribution is -2.41. The third-order valence-corrected chi connectivity index (χ3v) is 4.47. The Bertz CT molecular complexity index is 454. The van der Waals surface area contributed by atoms with Gasteiger partial charge in [-0.1, -0.05) is 32.8 Å². The second-order valence-corrected chi connectivity index (χ2v) is 6.44. The van der Waals surface area contributed by atoms with Gasteiger partial charge in [0, 0.05) is 0 Å². The number of benzene rings is 1. The van der Waals surface area contributed by atoms with Gasteiger partial charge >= 0.3 is 0 Å². The standard InChI is InChI=1S/C16H24F2N2/c1-11(2)10-16(7-3-4-8-16)15(20-19)12-5-6-13(17)14(18)9-12/h5-6,9,11,15,20H,3-4,7-8,10,19H2,1-2H3. The number of hydrazine groups is 1. The Morgan fingerprint density at radius 1 is 1.20 bits per heavy atom. The molecule has 1 saturated carbocycles. The summed E-state index contributed by atoms with van der Waals surface area (Å²) in [5.74, 6) is 4.70. The van der Waals surface area contributed by atoms with E-state index in [9.17, 15) is 8.78 Å². The van der Waals surface area contributed by atoms with E-state index in [0.717, 1.165) is 24.8 Å². The van der Waals surface area contributed by atoms with Crippen LogP contribution in [-0.4, -0.2) is 0 Å². The average molecular weight is 282 g/mol. The third-order valence-electron chi connectivity index (χ3n) is 4.47. The van der Waals surface area contributed by atoms with Crippen molar-refractivity contribution in [3.8, 4) is 0 Å². The van der Waals surface area contributed by atoms with Gasteiger partial charge in [-0.15, -0.1) is 0 Å². The first-order chi connectivity index (χ1) is 9.48. The second kappa shape index (κ2) is 6.19. The van der Waals surface area contributed by atoms with Gasteiger partial charge in [0.2, 0.25) is 0 Å². The highest BCUT2D eigenvalue weighted by atomic mass is 19.2. The lowest BCUT2D eigenvalue weighted by atomic mass is 9.70. The van der Waals surface area contributed by atoms with Crippen LogP contribution in [0.1, 0.15) is 57.6 Å². The van der Waals surface area contributed by atoms with E-state index in [1.165, 1.54) is 25.0 Å². The fourth-order valence-electron chi connectivity index (χ4n) is 3.82. The van der Waals surface area contributed by atoms with Crippen LogP contribution in [0.15, 0.2) is 18.2 Å². The zero-order valence-corrected chi connectivity index (χ0v) is 12.3. The van der Waals surface area contributed by atoms with Crippen molar-refractivity contribution in [2.45, 2.75) is 52.0 Å². The molecule has 2 rings (SSSR count). The molecule has 0 amide bonds. The zero-order valence-electron chi connectivity index (χ0n) is 12.3. The van der Waals surface area contributed by atoms with Crippen molar-refractivity contribution in [2.24, 2.45) is 17.2 Å². The molecule has 0 radical (unpaired) electrons. The number of rotatable bonds is 5. The lowest BCUT2D eigenvalue weighted by molar-refractivity contribution is 0.155. The Labute approximate surface area is 119 Å². The first kappa shape index (κ1) is 15.4. The van der Waals surface area contributed by atoms with Crippen molar-refractivity contribution in [1.29, 1.82) is 0 Å². The first-order valence-electron chi connectivity index (χ1n) is 7.39. The van der Waals surface area contributed by atoms with Gasteiger partial charge in [0.05, 0.1) is 6.04 Å². The second-order valence-electron chi connectivity index (χ2n) is 6.44. The van der Waals surface area contributed by atoms with E-state index >= 15 is 0 Å². The number of halogens is 2. The predicted molar refractivity (Wildman–Crippen MR) is 76.8 cm³/mol. The van der Waals surface area contributed by atoms with Crippen molar-refractivity contribution >= 4 is 0 Å². The van der Waals surface area contributed by atoms with Crippen LogP contribution in [0.4, 0.5) is 8.78 Å². The van der Waals surface area contributed by atoms with Gasteiger partial charge in [-0.3, -0.25) is 11.3 Å². The normalized spacial score (nSPS) is 19.5. The largest absolute Gasteiger partial charge is 0.271 e. The quantitative estimate of drug-likeness (QED) is 0.631. The predicted octanol–water partition coefficient (Wildman–Crippen LogP) is 4.08. The van der Waals surface area contributed by atoms with Gasteiger partial charge in [-0.05, 0) is 48.3 Å². The first-order valence-corrected chi connectivity index (χ1v) is 7.39. The Balaban J connectivity index is 2.35. The van der Waals surface area contributed by atoms with Crippen molar-refractivity contribution in [1.82, 2.24) is 5.43 Å². The molecule has 0 aromatic heterocycles. The van der Waals surface area contributed by atoms with E-state index in [2.05, 4.69) is 19.3 Å². The van der Waals surface area contributed by atoms with Crippen LogP contribution in [0.3, 0.4) is 0 Å². The SMILES string of the molecule is CC(C)CC1(C(NN)c2ccc(F)c(F)c2)CCCC1. The summed E-state index contributed by atoms with van der Waals surface area (Å²) in [5, 5.41) is 0. The fraction of sp³-hybridized carbons (Fsp3) is 0.625. The molecule has 3 N–H and O–H groups in total. The van der Waals surface area contributed by atoms with E-state index in [1.807, 2.05) is 0 Å². The number of nitrogens with two attached hydrogens (primary N) is 1. The molecule has 0 saturated heterocycles. The van der Waals surface area contributed by atoms with Crippen LogP contribution in [0, 0.1) is 23.0 Å². The molecule has 1 unspecified atom stereocenters. The van der Waals surface area contributed by atoms with E-state index in [-0.39, 0.29) is 11.5 Å². The third kappa shape index (κ3) is 3.01. The monoisotopic (exact) mass is 282 g/mol. The minimum atomic E-state index is -0.811. The average Bonchev–Trinajstić information content (AvgIpc) is 2.83. The molecule has 0 bridgehead atoms. The van der Waals surface area contributed by atoms with Crippen LogP contribution in [0.25, 0.3) is 0 Å². The Morgan fingerprint density at radius 3 is 2.35 bits per heavy atom. The molecule has 1 aromatic rings. The van der Waals surface area contributed by atoms with E-state index in [0.29, 0.717) is 5.92 Å². The summed E-state index contributed by atoms with van der Waals surface area (Å²) in [6.07, 6.45) is 5.56. The maximum Gasteiger partial charge on any atom is 0.159 e. The van der Waals surface area contributed by atoms with E-state index in [1.54, 1.807) is 6.07 Å². The van der Waals surface area contributed by atoms with Crippen molar-refractivity contribution in [2.75, 3.05) is 0 Å². The van der Waals surface area contributed by atoms with Crippen molar-refractivity contribution in [3.63, 3.8) is 0 Å². The van der Waals surface area contributed by atoms with E-state index in [4.69, 9.17) is 5.84 Å². The van der Waals surface area contributed by atoms with Gasteiger partial charge in [0.1, 0.15) is 0 Å². The summed E-state index contributed by atoms with van der Waals surface area (Å²) in [4.78, 5) is 0. The van der Waals surface area contributed by atoms with Crippen LogP contribution >= 0.6 is 0 Å². The molecule has 1 aliphatic carbocycles.